The first-order valence-electron chi connectivity index (χ1n) is 7.51. The molecule has 1 rings (SSSR count). The highest BCUT2D eigenvalue weighted by molar-refractivity contribution is 5.36. The van der Waals surface area contributed by atoms with Gasteiger partial charge in [0.25, 0.3) is 0 Å². The van der Waals surface area contributed by atoms with Crippen LogP contribution in [0.1, 0.15) is 32.4 Å². The first-order valence-corrected chi connectivity index (χ1v) is 7.51. The van der Waals surface area contributed by atoms with Gasteiger partial charge in [-0.05, 0) is 26.5 Å². The summed E-state index contributed by atoms with van der Waals surface area (Å²) in [4.78, 5) is 2.34. The SMILES string of the molecule is CCOCCN(CC)C(CN)c1ccccc1OCC. The Hall–Kier alpha value is -1.10. The van der Waals surface area contributed by atoms with Gasteiger partial charge in [0.2, 0.25) is 0 Å². The number of rotatable bonds is 10. The van der Waals surface area contributed by atoms with Crippen molar-refractivity contribution in [2.24, 2.45) is 5.73 Å². The highest BCUT2D eigenvalue weighted by Gasteiger charge is 2.20. The topological polar surface area (TPSA) is 47.7 Å². The Labute approximate surface area is 122 Å². The van der Waals surface area contributed by atoms with Crippen molar-refractivity contribution in [2.45, 2.75) is 26.8 Å². The molecule has 2 N–H and O–H groups in total. The normalized spacial score (nSPS) is 12.7. The van der Waals surface area contributed by atoms with Crippen LogP contribution in [0.25, 0.3) is 0 Å². The average Bonchev–Trinajstić information content (AvgIpc) is 2.48. The number of hydrogen-bond acceptors (Lipinski definition) is 4. The molecule has 1 atom stereocenters. The molecule has 1 aromatic rings. The smallest absolute Gasteiger partial charge is 0.124 e. The van der Waals surface area contributed by atoms with Crippen LogP contribution in [0.3, 0.4) is 0 Å². The predicted molar refractivity (Wildman–Crippen MR) is 83.1 cm³/mol. The molecular formula is C16H28N2O2. The van der Waals surface area contributed by atoms with Gasteiger partial charge in [-0.15, -0.1) is 0 Å². The van der Waals surface area contributed by atoms with Crippen LogP contribution in [0.15, 0.2) is 24.3 Å². The Kier molecular flexibility index (Phi) is 8.26. The Morgan fingerprint density at radius 3 is 2.50 bits per heavy atom. The van der Waals surface area contributed by atoms with Gasteiger partial charge in [-0.1, -0.05) is 25.1 Å². The number of benzene rings is 1. The minimum Gasteiger partial charge on any atom is -0.494 e. The number of para-hydroxylation sites is 1. The molecule has 0 radical (unpaired) electrons. The number of hydrogen-bond donors (Lipinski definition) is 1. The van der Waals surface area contributed by atoms with Crippen LogP contribution in [0.5, 0.6) is 5.75 Å². The van der Waals surface area contributed by atoms with Crippen molar-refractivity contribution in [3.63, 3.8) is 0 Å². The van der Waals surface area contributed by atoms with Crippen molar-refractivity contribution in [3.8, 4) is 5.75 Å². The molecule has 0 aliphatic rings. The first-order chi connectivity index (χ1) is 9.78. The van der Waals surface area contributed by atoms with Crippen molar-refractivity contribution in [2.75, 3.05) is 39.5 Å². The average molecular weight is 280 g/mol. The Morgan fingerprint density at radius 2 is 1.90 bits per heavy atom. The highest BCUT2D eigenvalue weighted by Crippen LogP contribution is 2.28. The zero-order valence-corrected chi connectivity index (χ0v) is 13.0. The van der Waals surface area contributed by atoms with E-state index < -0.39 is 0 Å². The molecule has 0 saturated carbocycles. The molecule has 4 nitrogen and oxygen atoms in total. The molecular weight excluding hydrogens is 252 g/mol. The minimum atomic E-state index is 0.170. The fourth-order valence-corrected chi connectivity index (χ4v) is 2.38. The molecule has 0 amide bonds. The van der Waals surface area contributed by atoms with Crippen molar-refractivity contribution in [3.05, 3.63) is 29.8 Å². The second kappa shape index (κ2) is 9.75. The van der Waals surface area contributed by atoms with Crippen LogP contribution in [-0.4, -0.2) is 44.4 Å². The van der Waals surface area contributed by atoms with Gasteiger partial charge in [0.15, 0.2) is 0 Å². The molecule has 1 unspecified atom stereocenters. The number of nitrogens with two attached hydrogens (primary N) is 1. The van der Waals surface area contributed by atoms with E-state index in [0.717, 1.165) is 37.6 Å². The van der Waals surface area contributed by atoms with Gasteiger partial charge in [0.05, 0.1) is 19.3 Å². The fourth-order valence-electron chi connectivity index (χ4n) is 2.38. The third-order valence-electron chi connectivity index (χ3n) is 3.38. The van der Waals surface area contributed by atoms with Gasteiger partial charge in [0.1, 0.15) is 5.75 Å². The first kappa shape index (κ1) is 17.0. The second-order valence-corrected chi connectivity index (χ2v) is 4.55. The molecule has 0 aromatic heterocycles. The molecule has 1 aromatic carbocycles. The third kappa shape index (κ3) is 4.78. The molecule has 0 spiro atoms. The summed E-state index contributed by atoms with van der Waals surface area (Å²) in [6.45, 7) is 10.7. The Balaban J connectivity index is 2.86. The lowest BCUT2D eigenvalue weighted by molar-refractivity contribution is 0.0972. The van der Waals surface area contributed by atoms with E-state index in [0.29, 0.717) is 13.2 Å². The van der Waals surface area contributed by atoms with E-state index in [-0.39, 0.29) is 6.04 Å². The van der Waals surface area contributed by atoms with Gasteiger partial charge in [-0.2, -0.15) is 0 Å². The molecule has 0 heterocycles. The van der Waals surface area contributed by atoms with Gasteiger partial charge < -0.3 is 15.2 Å². The standard InChI is InChI=1S/C16H28N2O2/c1-4-18(11-12-19-5-2)15(13-17)14-9-7-8-10-16(14)20-6-3/h7-10,15H,4-6,11-13,17H2,1-3H3. The van der Waals surface area contributed by atoms with Crippen LogP contribution >= 0.6 is 0 Å². The van der Waals surface area contributed by atoms with E-state index in [9.17, 15) is 0 Å². The van der Waals surface area contributed by atoms with E-state index in [1.165, 1.54) is 0 Å². The van der Waals surface area contributed by atoms with Gasteiger partial charge >= 0.3 is 0 Å². The number of likely N-dealkylation sites (N-methyl/N-ethyl adjacent to an activating group) is 1. The zero-order valence-electron chi connectivity index (χ0n) is 13.0. The van der Waals surface area contributed by atoms with Crippen LogP contribution in [0, 0.1) is 0 Å². The van der Waals surface area contributed by atoms with E-state index in [2.05, 4.69) is 17.9 Å². The van der Waals surface area contributed by atoms with E-state index in [4.69, 9.17) is 15.2 Å². The van der Waals surface area contributed by atoms with Gasteiger partial charge in [-0.3, -0.25) is 4.90 Å². The van der Waals surface area contributed by atoms with E-state index in [1.54, 1.807) is 0 Å². The summed E-state index contributed by atoms with van der Waals surface area (Å²) in [5, 5.41) is 0. The maximum absolute atomic E-state index is 6.01. The molecule has 114 valence electrons. The monoisotopic (exact) mass is 280 g/mol. The fraction of sp³-hybridized carbons (Fsp3) is 0.625. The predicted octanol–water partition coefficient (Wildman–Crippen LogP) is 2.44. The highest BCUT2D eigenvalue weighted by atomic mass is 16.5. The summed E-state index contributed by atoms with van der Waals surface area (Å²) in [5.41, 5.74) is 7.17. The van der Waals surface area contributed by atoms with Crippen LogP contribution in [0.4, 0.5) is 0 Å². The Morgan fingerprint density at radius 1 is 1.15 bits per heavy atom. The van der Waals surface area contributed by atoms with Gasteiger partial charge in [0, 0.05) is 25.3 Å². The molecule has 0 saturated heterocycles. The summed E-state index contributed by atoms with van der Waals surface area (Å²) in [5.74, 6) is 0.931. The minimum absolute atomic E-state index is 0.170. The summed E-state index contributed by atoms with van der Waals surface area (Å²) in [6.07, 6.45) is 0. The van der Waals surface area contributed by atoms with Crippen LogP contribution in [-0.2, 0) is 4.74 Å². The molecule has 0 aliphatic carbocycles. The third-order valence-corrected chi connectivity index (χ3v) is 3.38. The molecule has 0 aliphatic heterocycles. The molecule has 0 fully saturated rings. The zero-order chi connectivity index (χ0) is 14.8. The molecule has 0 bridgehead atoms. The van der Waals surface area contributed by atoms with Crippen molar-refractivity contribution in [1.82, 2.24) is 4.90 Å². The van der Waals surface area contributed by atoms with Crippen molar-refractivity contribution < 1.29 is 9.47 Å². The lowest BCUT2D eigenvalue weighted by Gasteiger charge is -2.31. The maximum Gasteiger partial charge on any atom is 0.124 e. The van der Waals surface area contributed by atoms with E-state index in [1.807, 2.05) is 32.0 Å². The molecule has 20 heavy (non-hydrogen) atoms. The lowest BCUT2D eigenvalue weighted by Crippen LogP contribution is -2.36. The van der Waals surface area contributed by atoms with Crippen molar-refractivity contribution >= 4 is 0 Å². The largest absolute Gasteiger partial charge is 0.494 e. The molecule has 4 heteroatoms. The second-order valence-electron chi connectivity index (χ2n) is 4.55. The quantitative estimate of drug-likeness (QED) is 0.669. The lowest BCUT2D eigenvalue weighted by atomic mass is 10.0. The maximum atomic E-state index is 6.01. The van der Waals surface area contributed by atoms with Crippen LogP contribution < -0.4 is 10.5 Å². The van der Waals surface area contributed by atoms with Crippen molar-refractivity contribution in [1.29, 1.82) is 0 Å². The summed E-state index contributed by atoms with van der Waals surface area (Å²) < 4.78 is 11.2. The summed E-state index contributed by atoms with van der Waals surface area (Å²) in [7, 11) is 0. The van der Waals surface area contributed by atoms with Gasteiger partial charge in [-0.25, -0.2) is 0 Å². The number of nitrogens with zero attached hydrogens (tertiary/aromatic N) is 1. The van der Waals surface area contributed by atoms with E-state index >= 15 is 0 Å². The number of ether oxygens (including phenoxy) is 2. The van der Waals surface area contributed by atoms with Crippen LogP contribution in [0.2, 0.25) is 0 Å². The Bertz CT molecular complexity index is 371. The summed E-state index contributed by atoms with van der Waals surface area (Å²) in [6, 6.07) is 8.32. The summed E-state index contributed by atoms with van der Waals surface area (Å²) >= 11 is 0.